The predicted octanol–water partition coefficient (Wildman–Crippen LogP) is 5.10. The molecule has 0 fully saturated rings. The lowest BCUT2D eigenvalue weighted by Crippen LogP contribution is -2.27. The van der Waals surface area contributed by atoms with Gasteiger partial charge in [0.1, 0.15) is 10.0 Å². The molecule has 0 aliphatic heterocycles. The molecule has 1 aromatic heterocycles. The third-order valence-corrected chi connectivity index (χ3v) is 8.21. The summed E-state index contributed by atoms with van der Waals surface area (Å²) in [6.07, 6.45) is 1.50. The van der Waals surface area contributed by atoms with E-state index in [0.29, 0.717) is 20.6 Å². The molecule has 0 bridgehead atoms. The number of hydrogen-bond acceptors (Lipinski definition) is 5. The second-order valence-electron chi connectivity index (χ2n) is 6.66. The fourth-order valence-electron chi connectivity index (χ4n) is 2.79. The van der Waals surface area contributed by atoms with Gasteiger partial charge >= 0.3 is 0 Å². The van der Waals surface area contributed by atoms with Gasteiger partial charge < -0.3 is 0 Å². The Kier molecular flexibility index (Phi) is 6.39. The van der Waals surface area contributed by atoms with E-state index in [1.807, 2.05) is 12.1 Å². The van der Waals surface area contributed by atoms with Crippen LogP contribution in [0.5, 0.6) is 0 Å². The molecular weight excluding hydrogens is 524 g/mol. The summed E-state index contributed by atoms with van der Waals surface area (Å²) in [6, 6.07) is 12.2. The fourth-order valence-corrected chi connectivity index (χ4v) is 5.54. The van der Waals surface area contributed by atoms with Crippen LogP contribution >= 0.6 is 33.9 Å². The monoisotopic (exact) mass is 543 g/mol. The highest BCUT2D eigenvalue weighted by atomic mass is 127. The van der Waals surface area contributed by atoms with Crippen molar-refractivity contribution in [3.63, 3.8) is 0 Å². The van der Waals surface area contributed by atoms with Crippen molar-refractivity contribution in [2.45, 2.75) is 17.6 Å². The third-order valence-electron chi connectivity index (χ3n) is 4.31. The maximum absolute atomic E-state index is 14.1. The van der Waals surface area contributed by atoms with E-state index >= 15 is 0 Å². The maximum Gasteiger partial charge on any atom is 0.232 e. The molecule has 1 heterocycles. The molecule has 1 unspecified atom stereocenters. The molecule has 1 N–H and O–H groups in total. The van der Waals surface area contributed by atoms with Gasteiger partial charge in [0, 0.05) is 22.4 Å². The topological polar surface area (TPSA) is 74.1 Å². The summed E-state index contributed by atoms with van der Waals surface area (Å²) in [5, 5.41) is 0.418. The summed E-state index contributed by atoms with van der Waals surface area (Å²) in [5.41, 5.74) is 2.58. The molecule has 1 amide bonds. The molecule has 0 saturated heterocycles. The Morgan fingerprint density at radius 2 is 1.93 bits per heavy atom. The van der Waals surface area contributed by atoms with Crippen molar-refractivity contribution in [3.8, 4) is 11.1 Å². The highest BCUT2D eigenvalue weighted by molar-refractivity contribution is 14.1. The average Bonchev–Trinajstić information content (AvgIpc) is 3.06. The first-order chi connectivity index (χ1) is 13.6. The van der Waals surface area contributed by atoms with E-state index in [0.717, 1.165) is 26.0 Å². The zero-order chi connectivity index (χ0) is 21.3. The molecule has 0 saturated carbocycles. The maximum atomic E-state index is 14.1. The number of carbonyl (C=O) groups is 1. The summed E-state index contributed by atoms with van der Waals surface area (Å²) in [4.78, 5) is 18.4. The van der Waals surface area contributed by atoms with E-state index in [1.54, 1.807) is 38.2 Å². The van der Waals surface area contributed by atoms with Crippen molar-refractivity contribution in [2.75, 3.05) is 18.2 Å². The molecule has 0 spiro atoms. The molecule has 5 nitrogen and oxygen atoms in total. The Hall–Kier alpha value is -1.85. The van der Waals surface area contributed by atoms with Crippen LogP contribution in [0, 0.1) is 21.1 Å². The van der Waals surface area contributed by atoms with Gasteiger partial charge in [-0.3, -0.25) is 9.69 Å². The van der Waals surface area contributed by atoms with Crippen LogP contribution in [0.4, 0.5) is 9.52 Å². The second kappa shape index (κ2) is 8.49. The van der Waals surface area contributed by atoms with Crippen LogP contribution < -0.4 is 4.90 Å². The van der Waals surface area contributed by atoms with Gasteiger partial charge in [0.15, 0.2) is 5.13 Å². The minimum atomic E-state index is -2.88. The Labute approximate surface area is 187 Å². The molecule has 9 heteroatoms. The summed E-state index contributed by atoms with van der Waals surface area (Å²) in [5.74, 6) is -0.461. The van der Waals surface area contributed by atoms with Gasteiger partial charge in [-0.25, -0.2) is 18.4 Å². The summed E-state index contributed by atoms with van der Waals surface area (Å²) in [7, 11) is -1.27. The number of nitrogens with one attached hydrogen (secondary N) is 1. The molecule has 3 rings (SSSR count). The Bertz CT molecular complexity index is 1170. The molecule has 2 aromatic carbocycles. The number of anilines is 1. The number of carbonyl (C=O) groups excluding carboxylic acids is 1. The van der Waals surface area contributed by atoms with Gasteiger partial charge in [-0.15, -0.1) is 0 Å². The fraction of sp³-hybridized carbons (Fsp3) is 0.200. The standard InChI is InChI=1S/C20H19FIN3O2S2/c1-12-19(29(3,23)27)28-20(24-12)25(2)18(26)10-13-4-6-14(7-5-13)16-11-15(22)8-9-17(16)21/h4-9,11,23H,10H2,1-3H3. The summed E-state index contributed by atoms with van der Waals surface area (Å²) in [6.45, 7) is 1.69. The average molecular weight is 543 g/mol. The third kappa shape index (κ3) is 5.01. The van der Waals surface area contributed by atoms with Crippen molar-refractivity contribution in [1.82, 2.24) is 4.98 Å². The highest BCUT2D eigenvalue weighted by Crippen LogP contribution is 2.30. The van der Waals surface area contributed by atoms with Crippen molar-refractivity contribution in [3.05, 3.63) is 63.1 Å². The van der Waals surface area contributed by atoms with E-state index in [-0.39, 0.29) is 18.1 Å². The SMILES string of the molecule is Cc1nc(N(C)C(=O)Cc2ccc(-c3cc(I)ccc3F)cc2)sc1S(C)(=N)=O. The summed E-state index contributed by atoms with van der Waals surface area (Å²) < 4.78 is 35.2. The van der Waals surface area contributed by atoms with Gasteiger partial charge in [0.2, 0.25) is 5.91 Å². The van der Waals surface area contributed by atoms with E-state index in [9.17, 15) is 13.4 Å². The molecule has 152 valence electrons. The van der Waals surface area contributed by atoms with Crippen LogP contribution in [0.1, 0.15) is 11.3 Å². The van der Waals surface area contributed by atoms with E-state index < -0.39 is 9.73 Å². The van der Waals surface area contributed by atoms with Crippen molar-refractivity contribution in [2.24, 2.45) is 0 Å². The van der Waals surface area contributed by atoms with Crippen LogP contribution in [-0.4, -0.2) is 28.4 Å². The van der Waals surface area contributed by atoms with Gasteiger partial charge in [0.05, 0.1) is 21.8 Å². The number of thiazole rings is 1. The summed E-state index contributed by atoms with van der Waals surface area (Å²) >= 11 is 3.25. The number of hydrogen-bond donors (Lipinski definition) is 1. The van der Waals surface area contributed by atoms with Crippen LogP contribution in [0.2, 0.25) is 0 Å². The number of amides is 1. The molecule has 0 aliphatic carbocycles. The Balaban J connectivity index is 1.76. The molecule has 1 atom stereocenters. The van der Waals surface area contributed by atoms with Gasteiger partial charge in [-0.05, 0) is 58.8 Å². The number of halogens is 2. The lowest BCUT2D eigenvalue weighted by Gasteiger charge is -2.14. The largest absolute Gasteiger partial charge is 0.291 e. The lowest BCUT2D eigenvalue weighted by atomic mass is 10.0. The predicted molar refractivity (Wildman–Crippen MR) is 124 cm³/mol. The van der Waals surface area contributed by atoms with Gasteiger partial charge in [-0.1, -0.05) is 35.6 Å². The number of benzene rings is 2. The molecule has 0 radical (unpaired) electrons. The van der Waals surface area contributed by atoms with Gasteiger partial charge in [0.25, 0.3) is 0 Å². The van der Waals surface area contributed by atoms with Gasteiger partial charge in [-0.2, -0.15) is 0 Å². The van der Waals surface area contributed by atoms with Crippen molar-refractivity contribution >= 4 is 54.7 Å². The first kappa shape index (κ1) is 21.8. The normalized spacial score (nSPS) is 13.1. The smallest absolute Gasteiger partial charge is 0.232 e. The minimum absolute atomic E-state index is 0.155. The number of rotatable bonds is 5. The van der Waals surface area contributed by atoms with Crippen LogP contribution in [-0.2, 0) is 20.9 Å². The first-order valence-electron chi connectivity index (χ1n) is 8.58. The number of aromatic nitrogens is 1. The number of likely N-dealkylation sites (N-methyl/N-ethyl adjacent to an activating group) is 1. The Morgan fingerprint density at radius 1 is 1.28 bits per heavy atom. The lowest BCUT2D eigenvalue weighted by molar-refractivity contribution is -0.117. The zero-order valence-electron chi connectivity index (χ0n) is 16.0. The number of nitrogens with zero attached hydrogens (tertiary/aromatic N) is 2. The molecule has 0 aliphatic rings. The van der Waals surface area contributed by atoms with E-state index in [4.69, 9.17) is 4.78 Å². The van der Waals surface area contributed by atoms with Crippen LogP contribution in [0.3, 0.4) is 0 Å². The second-order valence-corrected chi connectivity index (χ2v) is 11.2. The van der Waals surface area contributed by atoms with Crippen molar-refractivity contribution in [1.29, 1.82) is 4.78 Å². The Morgan fingerprint density at radius 3 is 2.52 bits per heavy atom. The highest BCUT2D eigenvalue weighted by Gasteiger charge is 2.20. The zero-order valence-corrected chi connectivity index (χ0v) is 19.8. The minimum Gasteiger partial charge on any atom is -0.291 e. The first-order valence-corrected chi connectivity index (χ1v) is 12.4. The molecule has 29 heavy (non-hydrogen) atoms. The number of aryl methyl sites for hydroxylation is 1. The molecule has 3 aromatic rings. The van der Waals surface area contributed by atoms with Crippen molar-refractivity contribution < 1.29 is 13.4 Å². The van der Waals surface area contributed by atoms with E-state index in [1.165, 1.54) is 17.2 Å². The van der Waals surface area contributed by atoms with Crippen LogP contribution in [0.25, 0.3) is 11.1 Å². The van der Waals surface area contributed by atoms with E-state index in [2.05, 4.69) is 27.6 Å². The molecular formula is C20H19FIN3O2S2. The van der Waals surface area contributed by atoms with Crippen LogP contribution in [0.15, 0.2) is 46.7 Å². The quantitative estimate of drug-likeness (QED) is 0.455.